The molecule has 2 aromatic rings. The van der Waals surface area contributed by atoms with Crippen LogP contribution in [0.3, 0.4) is 0 Å². The van der Waals surface area contributed by atoms with Crippen LogP contribution in [-0.2, 0) is 48.1 Å². The van der Waals surface area contributed by atoms with Crippen LogP contribution in [0.1, 0.15) is 23.6 Å². The Morgan fingerprint density at radius 1 is 0.884 bits per heavy atom. The number of ketones is 1. The Morgan fingerprint density at radius 2 is 1.44 bits per heavy atom. The van der Waals surface area contributed by atoms with Gasteiger partial charge in [-0.15, -0.1) is 0 Å². The fourth-order valence-electron chi connectivity index (χ4n) is 4.77. The molecule has 2 fully saturated rings. The molecule has 0 saturated carbocycles. The molecule has 0 bridgehead atoms. The van der Waals surface area contributed by atoms with Crippen LogP contribution in [0.5, 0.6) is 5.75 Å². The molecule has 43 heavy (non-hydrogen) atoms. The van der Waals surface area contributed by atoms with Crippen molar-refractivity contribution < 1.29 is 38.5 Å². The van der Waals surface area contributed by atoms with E-state index in [4.69, 9.17) is 14.2 Å². The molecule has 3 amide bonds. The van der Waals surface area contributed by atoms with Crippen molar-refractivity contribution in [2.75, 3.05) is 46.6 Å². The van der Waals surface area contributed by atoms with Gasteiger partial charge in [0.2, 0.25) is 17.7 Å². The second-order valence-electron chi connectivity index (χ2n) is 10.8. The minimum Gasteiger partial charge on any atom is -0.497 e. The first kappa shape index (κ1) is 32.1. The summed E-state index contributed by atoms with van der Waals surface area (Å²) < 4.78 is 15.7. The molecule has 0 aromatic heterocycles. The van der Waals surface area contributed by atoms with Gasteiger partial charge in [-0.3, -0.25) is 24.1 Å². The highest BCUT2D eigenvalue weighted by molar-refractivity contribution is 5.96. The second-order valence-corrected chi connectivity index (χ2v) is 10.8. The SMILES string of the molecule is COc1ccc(C[C@H](NC(=O)[C@H](C)NC(=O)CN2CCOCC2)C(=O)N[C@@H](Cc2ccc(CO)cc2)C(=O)[C@H]2CO2)cc1. The number of ether oxygens (including phenoxy) is 3. The molecule has 2 aromatic carbocycles. The van der Waals surface area contributed by atoms with Gasteiger partial charge in [0.25, 0.3) is 0 Å². The Bertz CT molecular complexity index is 1240. The van der Waals surface area contributed by atoms with Crippen molar-refractivity contribution in [1.29, 1.82) is 0 Å². The molecule has 4 N–H and O–H groups in total. The van der Waals surface area contributed by atoms with Crippen molar-refractivity contribution in [3.63, 3.8) is 0 Å². The number of carbonyl (C=O) groups is 4. The average molecular weight is 597 g/mol. The minimum absolute atomic E-state index is 0.103. The van der Waals surface area contributed by atoms with Crippen LogP contribution >= 0.6 is 0 Å². The van der Waals surface area contributed by atoms with E-state index in [9.17, 15) is 24.3 Å². The number of methoxy groups -OCH3 is 1. The first-order chi connectivity index (χ1) is 20.7. The van der Waals surface area contributed by atoms with E-state index >= 15 is 0 Å². The zero-order valence-corrected chi connectivity index (χ0v) is 24.5. The third-order valence-electron chi connectivity index (χ3n) is 7.43. The molecule has 2 saturated heterocycles. The topological polar surface area (TPSA) is 159 Å². The van der Waals surface area contributed by atoms with E-state index in [1.54, 1.807) is 62.6 Å². The molecule has 2 heterocycles. The third-order valence-corrected chi connectivity index (χ3v) is 7.43. The van der Waals surface area contributed by atoms with Crippen molar-refractivity contribution in [3.05, 3.63) is 65.2 Å². The molecule has 2 aliphatic rings. The maximum absolute atomic E-state index is 13.7. The summed E-state index contributed by atoms with van der Waals surface area (Å²) in [6, 6.07) is 11.4. The van der Waals surface area contributed by atoms with Gasteiger partial charge in [-0.05, 0) is 42.2 Å². The zero-order valence-electron chi connectivity index (χ0n) is 24.5. The monoisotopic (exact) mass is 596 g/mol. The number of hydrogen-bond acceptors (Lipinski definition) is 9. The molecular formula is C31H40N4O8. The number of amides is 3. The summed E-state index contributed by atoms with van der Waals surface area (Å²) in [7, 11) is 1.55. The summed E-state index contributed by atoms with van der Waals surface area (Å²) in [5.41, 5.74) is 2.29. The normalized spacial score (nSPS) is 18.5. The third kappa shape index (κ3) is 9.85. The lowest BCUT2D eigenvalue weighted by molar-refractivity contribution is -0.133. The standard InChI is InChI=1S/C31H40N4O8/c1-20(32-28(37)17-35-11-13-42-14-12-35)30(39)34-26(16-22-7-9-24(41-2)10-8-22)31(40)33-25(29(38)27-19-43-27)15-21-3-5-23(18-36)6-4-21/h3-10,20,25-27,36H,11-19H2,1-2H3,(H,32,37)(H,33,40)(H,34,39)/t20-,25-,26-,27+/m0/s1. The Hall–Kier alpha value is -3.84. The van der Waals surface area contributed by atoms with Crippen LogP contribution in [0.25, 0.3) is 0 Å². The summed E-state index contributed by atoms with van der Waals surface area (Å²) >= 11 is 0. The van der Waals surface area contributed by atoms with Crippen LogP contribution < -0.4 is 20.7 Å². The van der Waals surface area contributed by atoms with Crippen molar-refractivity contribution in [2.24, 2.45) is 0 Å². The van der Waals surface area contributed by atoms with Crippen molar-refractivity contribution in [3.8, 4) is 5.75 Å². The van der Waals surface area contributed by atoms with Crippen LogP contribution in [0, 0.1) is 0 Å². The van der Waals surface area contributed by atoms with E-state index in [1.165, 1.54) is 0 Å². The summed E-state index contributed by atoms with van der Waals surface area (Å²) in [5.74, 6) is -0.979. The van der Waals surface area contributed by atoms with Gasteiger partial charge >= 0.3 is 0 Å². The van der Waals surface area contributed by atoms with Gasteiger partial charge < -0.3 is 35.3 Å². The maximum atomic E-state index is 13.7. The molecule has 2 aliphatic heterocycles. The first-order valence-corrected chi connectivity index (χ1v) is 14.4. The molecule has 12 nitrogen and oxygen atoms in total. The van der Waals surface area contributed by atoms with Gasteiger partial charge in [-0.1, -0.05) is 36.4 Å². The van der Waals surface area contributed by atoms with Crippen molar-refractivity contribution in [2.45, 2.75) is 50.6 Å². The number of aliphatic hydroxyl groups is 1. The van der Waals surface area contributed by atoms with Crippen LogP contribution in [0.2, 0.25) is 0 Å². The van der Waals surface area contributed by atoms with E-state index < -0.39 is 36.0 Å². The van der Waals surface area contributed by atoms with Gasteiger partial charge in [0.15, 0.2) is 5.78 Å². The smallest absolute Gasteiger partial charge is 0.243 e. The maximum Gasteiger partial charge on any atom is 0.243 e. The molecule has 0 unspecified atom stereocenters. The molecule has 12 heteroatoms. The van der Waals surface area contributed by atoms with Gasteiger partial charge in [0, 0.05) is 19.5 Å². The lowest BCUT2D eigenvalue weighted by atomic mass is 9.98. The number of benzene rings is 2. The van der Waals surface area contributed by atoms with Crippen LogP contribution in [-0.4, -0.2) is 104 Å². The highest BCUT2D eigenvalue weighted by atomic mass is 16.6. The second kappa shape index (κ2) is 15.6. The Balaban J connectivity index is 1.45. The highest BCUT2D eigenvalue weighted by Gasteiger charge is 2.38. The van der Waals surface area contributed by atoms with Crippen molar-refractivity contribution >= 4 is 23.5 Å². The average Bonchev–Trinajstić information content (AvgIpc) is 3.87. The molecule has 4 rings (SSSR count). The van der Waals surface area contributed by atoms with Gasteiger partial charge in [-0.25, -0.2) is 0 Å². The Morgan fingerprint density at radius 3 is 2.02 bits per heavy atom. The number of hydrogen-bond donors (Lipinski definition) is 4. The lowest BCUT2D eigenvalue weighted by Crippen LogP contribution is -2.57. The number of carbonyl (C=O) groups excluding carboxylic acids is 4. The minimum atomic E-state index is -1.04. The van der Waals surface area contributed by atoms with E-state index in [0.29, 0.717) is 38.7 Å². The number of nitrogens with one attached hydrogen (secondary N) is 3. The fourth-order valence-corrected chi connectivity index (χ4v) is 4.77. The summed E-state index contributed by atoms with van der Waals surface area (Å²) in [6.45, 7) is 4.26. The zero-order chi connectivity index (χ0) is 30.8. The highest BCUT2D eigenvalue weighted by Crippen LogP contribution is 2.17. The van der Waals surface area contributed by atoms with E-state index in [1.807, 2.05) is 4.90 Å². The number of rotatable bonds is 15. The number of Topliss-reactive ketones (excluding diaryl/α,β-unsaturated/α-hetero) is 1. The Kier molecular flexibility index (Phi) is 11.6. The summed E-state index contributed by atoms with van der Waals surface area (Å²) in [5, 5.41) is 17.7. The lowest BCUT2D eigenvalue weighted by Gasteiger charge is -2.27. The molecule has 0 spiro atoms. The number of nitrogens with zero attached hydrogens (tertiary/aromatic N) is 1. The Labute approximate surface area is 251 Å². The van der Waals surface area contributed by atoms with Crippen LogP contribution in [0.15, 0.2) is 48.5 Å². The van der Waals surface area contributed by atoms with Gasteiger partial charge in [0.05, 0.1) is 46.1 Å². The van der Waals surface area contributed by atoms with E-state index in [-0.39, 0.29) is 37.7 Å². The quantitative estimate of drug-likeness (QED) is 0.203. The van der Waals surface area contributed by atoms with E-state index in [2.05, 4.69) is 16.0 Å². The predicted molar refractivity (Wildman–Crippen MR) is 156 cm³/mol. The van der Waals surface area contributed by atoms with Crippen molar-refractivity contribution in [1.82, 2.24) is 20.9 Å². The molecule has 4 atom stereocenters. The molecule has 0 radical (unpaired) electrons. The molecule has 0 aliphatic carbocycles. The molecular weight excluding hydrogens is 556 g/mol. The fraction of sp³-hybridized carbons (Fsp3) is 0.484. The van der Waals surface area contributed by atoms with Gasteiger partial charge in [0.1, 0.15) is 23.9 Å². The van der Waals surface area contributed by atoms with E-state index in [0.717, 1.165) is 16.7 Å². The largest absolute Gasteiger partial charge is 0.497 e. The number of epoxide rings is 1. The predicted octanol–water partition coefficient (Wildman–Crippen LogP) is -0.253. The number of aliphatic hydroxyl groups excluding tert-OH is 1. The van der Waals surface area contributed by atoms with Gasteiger partial charge in [-0.2, -0.15) is 0 Å². The first-order valence-electron chi connectivity index (χ1n) is 14.4. The number of morpholine rings is 1. The summed E-state index contributed by atoms with van der Waals surface area (Å²) in [4.78, 5) is 54.5. The molecule has 232 valence electrons. The van der Waals surface area contributed by atoms with Crippen LogP contribution in [0.4, 0.5) is 0 Å². The summed E-state index contributed by atoms with van der Waals surface area (Å²) in [6.07, 6.45) is -0.228.